The molecule has 3 nitrogen and oxygen atoms in total. The predicted molar refractivity (Wildman–Crippen MR) is 47.2 cm³/mol. The highest BCUT2D eigenvalue weighted by atomic mass is 16.2. The molecule has 1 aliphatic heterocycles. The summed E-state index contributed by atoms with van der Waals surface area (Å²) in [6, 6.07) is 0.140. The molecule has 66 valence electrons. The van der Waals surface area contributed by atoms with E-state index in [1.54, 1.807) is 11.8 Å². The second kappa shape index (κ2) is 4.13. The van der Waals surface area contributed by atoms with Gasteiger partial charge in [-0.2, -0.15) is 0 Å². The lowest BCUT2D eigenvalue weighted by molar-refractivity contribution is -0.126. The second-order valence-corrected chi connectivity index (χ2v) is 3.03. The molecule has 1 unspecified atom stereocenters. The smallest absolute Gasteiger partial charge is 0.298 e. The minimum Gasteiger partial charge on any atom is -0.330 e. The van der Waals surface area contributed by atoms with Crippen molar-refractivity contribution in [3.8, 4) is 11.8 Å². The lowest BCUT2D eigenvalue weighted by atomic mass is 10.1. The summed E-state index contributed by atoms with van der Waals surface area (Å²) < 4.78 is 0. The Morgan fingerprint density at radius 3 is 3.00 bits per heavy atom. The molecule has 0 aromatic heterocycles. The molecule has 1 rings (SSSR count). The SMILES string of the molecule is CC#CC(=O)N1CCCC(N)C1. The van der Waals surface area contributed by atoms with Crippen LogP contribution in [0, 0.1) is 11.8 Å². The van der Waals surface area contributed by atoms with Crippen LogP contribution in [0.15, 0.2) is 0 Å². The highest BCUT2D eigenvalue weighted by Crippen LogP contribution is 2.07. The fourth-order valence-electron chi connectivity index (χ4n) is 1.38. The van der Waals surface area contributed by atoms with E-state index in [2.05, 4.69) is 11.8 Å². The van der Waals surface area contributed by atoms with E-state index >= 15 is 0 Å². The van der Waals surface area contributed by atoms with Crippen molar-refractivity contribution in [2.24, 2.45) is 5.73 Å². The van der Waals surface area contributed by atoms with E-state index in [4.69, 9.17) is 5.73 Å². The van der Waals surface area contributed by atoms with Crippen LogP contribution in [0.2, 0.25) is 0 Å². The average molecular weight is 166 g/mol. The number of nitrogens with zero attached hydrogens (tertiary/aromatic N) is 1. The quantitative estimate of drug-likeness (QED) is 0.513. The molecule has 0 spiro atoms. The van der Waals surface area contributed by atoms with Crippen LogP contribution >= 0.6 is 0 Å². The van der Waals surface area contributed by atoms with E-state index in [0.717, 1.165) is 19.4 Å². The number of hydrogen-bond donors (Lipinski definition) is 1. The van der Waals surface area contributed by atoms with E-state index in [1.807, 2.05) is 0 Å². The first kappa shape index (κ1) is 9.08. The molecule has 1 aliphatic rings. The standard InChI is InChI=1S/C9H14N2O/c1-2-4-9(12)11-6-3-5-8(10)7-11/h8H,3,5-7,10H2,1H3. The Labute approximate surface area is 72.9 Å². The first-order valence-electron chi connectivity index (χ1n) is 4.21. The lowest BCUT2D eigenvalue weighted by Crippen LogP contribution is -2.45. The Morgan fingerprint density at radius 1 is 1.67 bits per heavy atom. The van der Waals surface area contributed by atoms with E-state index in [-0.39, 0.29) is 11.9 Å². The summed E-state index contributed by atoms with van der Waals surface area (Å²) >= 11 is 0. The predicted octanol–water partition coefficient (Wildman–Crippen LogP) is -0.0406. The van der Waals surface area contributed by atoms with Crippen molar-refractivity contribution in [3.05, 3.63) is 0 Å². The highest BCUT2D eigenvalue weighted by molar-refractivity contribution is 5.93. The molecular formula is C9H14N2O. The Kier molecular flexibility index (Phi) is 3.12. The lowest BCUT2D eigenvalue weighted by Gasteiger charge is -2.28. The first-order valence-corrected chi connectivity index (χ1v) is 4.21. The van der Waals surface area contributed by atoms with Crippen molar-refractivity contribution >= 4 is 5.91 Å². The third-order valence-electron chi connectivity index (χ3n) is 1.98. The Hall–Kier alpha value is -1.01. The molecule has 0 radical (unpaired) electrons. The topological polar surface area (TPSA) is 46.3 Å². The average Bonchev–Trinajstić information content (AvgIpc) is 2.05. The summed E-state index contributed by atoms with van der Waals surface area (Å²) in [5.74, 6) is 5.02. The molecule has 1 fully saturated rings. The summed E-state index contributed by atoms with van der Waals surface area (Å²) in [6.45, 7) is 3.14. The molecule has 1 amide bonds. The molecule has 0 aliphatic carbocycles. The second-order valence-electron chi connectivity index (χ2n) is 3.03. The molecule has 2 N–H and O–H groups in total. The first-order chi connectivity index (χ1) is 5.74. The molecule has 1 saturated heterocycles. The van der Waals surface area contributed by atoms with Crippen LogP contribution in [0.5, 0.6) is 0 Å². The molecule has 0 saturated carbocycles. The van der Waals surface area contributed by atoms with Gasteiger partial charge in [0, 0.05) is 19.1 Å². The molecule has 3 heteroatoms. The third kappa shape index (κ3) is 2.24. The van der Waals surface area contributed by atoms with Gasteiger partial charge in [0.1, 0.15) is 0 Å². The van der Waals surface area contributed by atoms with Gasteiger partial charge in [-0.25, -0.2) is 0 Å². The van der Waals surface area contributed by atoms with Crippen LogP contribution in [0.3, 0.4) is 0 Å². The van der Waals surface area contributed by atoms with Gasteiger partial charge in [0.25, 0.3) is 5.91 Å². The molecule has 12 heavy (non-hydrogen) atoms. The minimum absolute atomic E-state index is 0.0901. The molecule has 0 aromatic carbocycles. The van der Waals surface area contributed by atoms with Crippen molar-refractivity contribution in [1.29, 1.82) is 0 Å². The van der Waals surface area contributed by atoms with Gasteiger partial charge in [-0.1, -0.05) is 5.92 Å². The maximum absolute atomic E-state index is 11.2. The Balaban J connectivity index is 2.49. The van der Waals surface area contributed by atoms with E-state index in [1.165, 1.54) is 0 Å². The van der Waals surface area contributed by atoms with Gasteiger partial charge >= 0.3 is 0 Å². The van der Waals surface area contributed by atoms with Gasteiger partial charge in [0.2, 0.25) is 0 Å². The van der Waals surface area contributed by atoms with Crippen LogP contribution in [0.25, 0.3) is 0 Å². The Morgan fingerprint density at radius 2 is 2.42 bits per heavy atom. The fourth-order valence-corrected chi connectivity index (χ4v) is 1.38. The number of nitrogens with two attached hydrogens (primary N) is 1. The number of carbonyl (C=O) groups is 1. The van der Waals surface area contributed by atoms with Crippen LogP contribution in [0.1, 0.15) is 19.8 Å². The van der Waals surface area contributed by atoms with Crippen molar-refractivity contribution in [3.63, 3.8) is 0 Å². The van der Waals surface area contributed by atoms with Gasteiger partial charge in [-0.15, -0.1) is 0 Å². The molecule has 0 aromatic rings. The van der Waals surface area contributed by atoms with Crippen LogP contribution in [-0.4, -0.2) is 29.9 Å². The minimum atomic E-state index is -0.0901. The maximum atomic E-state index is 11.2. The van der Waals surface area contributed by atoms with Crippen LogP contribution in [0.4, 0.5) is 0 Å². The summed E-state index contributed by atoms with van der Waals surface area (Å²) in [5, 5.41) is 0. The van der Waals surface area contributed by atoms with Gasteiger partial charge in [0.15, 0.2) is 0 Å². The van der Waals surface area contributed by atoms with Gasteiger partial charge in [0.05, 0.1) is 0 Å². The third-order valence-corrected chi connectivity index (χ3v) is 1.98. The van der Waals surface area contributed by atoms with E-state index in [0.29, 0.717) is 6.54 Å². The zero-order chi connectivity index (χ0) is 8.97. The Bertz CT molecular complexity index is 226. The van der Waals surface area contributed by atoms with E-state index in [9.17, 15) is 4.79 Å². The number of hydrogen-bond acceptors (Lipinski definition) is 2. The zero-order valence-corrected chi connectivity index (χ0v) is 7.34. The number of carbonyl (C=O) groups excluding carboxylic acids is 1. The number of amides is 1. The highest BCUT2D eigenvalue weighted by Gasteiger charge is 2.19. The molecule has 0 bridgehead atoms. The van der Waals surface area contributed by atoms with Crippen LogP contribution in [-0.2, 0) is 4.79 Å². The maximum Gasteiger partial charge on any atom is 0.298 e. The van der Waals surface area contributed by atoms with Gasteiger partial charge < -0.3 is 10.6 Å². The van der Waals surface area contributed by atoms with Gasteiger partial charge in [-0.05, 0) is 25.7 Å². The van der Waals surface area contributed by atoms with Gasteiger partial charge in [-0.3, -0.25) is 4.79 Å². The molecular weight excluding hydrogens is 152 g/mol. The van der Waals surface area contributed by atoms with Crippen molar-refractivity contribution < 1.29 is 4.79 Å². The largest absolute Gasteiger partial charge is 0.330 e. The van der Waals surface area contributed by atoms with Crippen molar-refractivity contribution in [1.82, 2.24) is 4.90 Å². The zero-order valence-electron chi connectivity index (χ0n) is 7.34. The number of piperidine rings is 1. The normalized spacial score (nSPS) is 22.8. The molecule has 1 atom stereocenters. The summed E-state index contributed by atoms with van der Waals surface area (Å²) in [4.78, 5) is 13.0. The molecule has 1 heterocycles. The monoisotopic (exact) mass is 166 g/mol. The fraction of sp³-hybridized carbons (Fsp3) is 0.667. The van der Waals surface area contributed by atoms with Crippen molar-refractivity contribution in [2.45, 2.75) is 25.8 Å². The number of rotatable bonds is 0. The summed E-state index contributed by atoms with van der Waals surface area (Å²) in [5.41, 5.74) is 5.72. The summed E-state index contributed by atoms with van der Waals surface area (Å²) in [6.07, 6.45) is 2.02. The number of likely N-dealkylation sites (tertiary alicyclic amines) is 1. The van der Waals surface area contributed by atoms with E-state index < -0.39 is 0 Å². The van der Waals surface area contributed by atoms with Crippen LogP contribution < -0.4 is 5.73 Å². The summed E-state index contributed by atoms with van der Waals surface area (Å²) in [7, 11) is 0. The van der Waals surface area contributed by atoms with Crippen molar-refractivity contribution in [2.75, 3.05) is 13.1 Å².